The fraction of sp³-hybridized carbons (Fsp3) is 0.308. The second-order valence-corrected chi connectivity index (χ2v) is 4.89. The van der Waals surface area contributed by atoms with Crippen molar-refractivity contribution in [3.05, 3.63) is 35.0 Å². The molecule has 0 aromatic carbocycles. The number of hydrogen-bond donors (Lipinski definition) is 2. The third kappa shape index (κ3) is 5.23. The van der Waals surface area contributed by atoms with Gasteiger partial charge < -0.3 is 15.3 Å². The molecule has 1 rings (SSSR count). The molecule has 6 nitrogen and oxygen atoms in total. The molecule has 0 aliphatic carbocycles. The number of nitrogens with one attached hydrogen (secondary N) is 1. The molecule has 1 heterocycles. The Balaban J connectivity index is 2.39. The summed E-state index contributed by atoms with van der Waals surface area (Å²) < 4.78 is 0. The summed E-state index contributed by atoms with van der Waals surface area (Å²) >= 11 is 1.31. The summed E-state index contributed by atoms with van der Waals surface area (Å²) in [5.74, 6) is -1.65. The number of carbonyl (C=O) groups excluding carboxylic acids is 2. The third-order valence-electron chi connectivity index (χ3n) is 2.40. The van der Waals surface area contributed by atoms with E-state index in [0.29, 0.717) is 4.88 Å². The maximum absolute atomic E-state index is 11.8. The zero-order valence-electron chi connectivity index (χ0n) is 10.9. The van der Waals surface area contributed by atoms with Crippen LogP contribution in [0, 0.1) is 0 Å². The Morgan fingerprint density at radius 2 is 2.20 bits per heavy atom. The lowest BCUT2D eigenvalue weighted by atomic mass is 10.3. The number of nitrogens with zero attached hydrogens (tertiary/aromatic N) is 1. The van der Waals surface area contributed by atoms with Crippen molar-refractivity contribution in [3.8, 4) is 0 Å². The molecule has 20 heavy (non-hydrogen) atoms. The minimum Gasteiger partial charge on any atom is -0.480 e. The largest absolute Gasteiger partial charge is 0.480 e. The molecule has 1 aromatic heterocycles. The predicted molar refractivity (Wildman–Crippen MR) is 75.7 cm³/mol. The van der Waals surface area contributed by atoms with Crippen LogP contribution in [0.5, 0.6) is 0 Å². The van der Waals surface area contributed by atoms with E-state index in [4.69, 9.17) is 5.11 Å². The second-order valence-electron chi connectivity index (χ2n) is 3.94. The molecule has 0 radical (unpaired) electrons. The minimum absolute atomic E-state index is 0.0538. The fourth-order valence-electron chi connectivity index (χ4n) is 1.51. The normalized spacial score (nSPS) is 9.80. The molecule has 0 fully saturated rings. The average molecular weight is 296 g/mol. The molecule has 108 valence electrons. The summed E-state index contributed by atoms with van der Waals surface area (Å²) in [7, 11) is 0. The van der Waals surface area contributed by atoms with Gasteiger partial charge in [0.1, 0.15) is 6.54 Å². The molecule has 0 bridgehead atoms. The summed E-state index contributed by atoms with van der Waals surface area (Å²) in [6.07, 6.45) is 1.52. The lowest BCUT2D eigenvalue weighted by molar-refractivity contribution is -0.144. The van der Waals surface area contributed by atoms with Crippen LogP contribution in [-0.2, 0) is 9.59 Å². The van der Waals surface area contributed by atoms with Crippen LogP contribution < -0.4 is 5.32 Å². The maximum atomic E-state index is 11.8. The number of hydrogen-bond acceptors (Lipinski definition) is 4. The van der Waals surface area contributed by atoms with Gasteiger partial charge in [0.05, 0.1) is 4.88 Å². The smallest absolute Gasteiger partial charge is 0.323 e. The number of aliphatic carboxylic acids is 1. The summed E-state index contributed by atoms with van der Waals surface area (Å²) in [6, 6.07) is 3.46. The molecule has 1 aromatic rings. The Hall–Kier alpha value is -2.15. The van der Waals surface area contributed by atoms with Crippen LogP contribution in [0.2, 0.25) is 0 Å². The molecule has 0 aliphatic heterocycles. The highest BCUT2D eigenvalue weighted by Crippen LogP contribution is 2.07. The van der Waals surface area contributed by atoms with Crippen LogP contribution in [0.4, 0.5) is 0 Å². The Morgan fingerprint density at radius 1 is 1.45 bits per heavy atom. The molecule has 2 N–H and O–H groups in total. The molecule has 0 aliphatic rings. The quantitative estimate of drug-likeness (QED) is 0.700. The van der Waals surface area contributed by atoms with Crippen molar-refractivity contribution >= 4 is 29.1 Å². The van der Waals surface area contributed by atoms with E-state index in [1.165, 1.54) is 22.3 Å². The van der Waals surface area contributed by atoms with E-state index < -0.39 is 5.97 Å². The molecule has 0 saturated carbocycles. The number of thiophene rings is 1. The van der Waals surface area contributed by atoms with E-state index in [1.54, 1.807) is 17.5 Å². The van der Waals surface area contributed by atoms with Crippen molar-refractivity contribution in [2.45, 2.75) is 6.42 Å². The highest BCUT2D eigenvalue weighted by molar-refractivity contribution is 7.12. The van der Waals surface area contributed by atoms with E-state index >= 15 is 0 Å². The zero-order chi connectivity index (χ0) is 15.0. The van der Waals surface area contributed by atoms with Crippen LogP contribution >= 0.6 is 11.3 Å². The van der Waals surface area contributed by atoms with Crippen LogP contribution in [0.25, 0.3) is 0 Å². The van der Waals surface area contributed by atoms with Crippen molar-refractivity contribution in [1.82, 2.24) is 10.2 Å². The summed E-state index contributed by atoms with van der Waals surface area (Å²) in [5.41, 5.74) is 0. The van der Waals surface area contributed by atoms with Crippen molar-refractivity contribution in [2.24, 2.45) is 0 Å². The van der Waals surface area contributed by atoms with Crippen LogP contribution in [0.3, 0.4) is 0 Å². The first-order valence-corrected chi connectivity index (χ1v) is 6.84. The Bertz CT molecular complexity index is 485. The van der Waals surface area contributed by atoms with Crippen LogP contribution in [0.15, 0.2) is 30.2 Å². The number of carboxylic acids is 1. The van der Waals surface area contributed by atoms with Crippen molar-refractivity contribution in [2.75, 3.05) is 19.6 Å². The molecule has 0 saturated heterocycles. The fourth-order valence-corrected chi connectivity index (χ4v) is 2.15. The molecule has 0 unspecified atom stereocenters. The van der Waals surface area contributed by atoms with Gasteiger partial charge in [-0.25, -0.2) is 0 Å². The van der Waals surface area contributed by atoms with Gasteiger partial charge in [-0.15, -0.1) is 17.9 Å². The maximum Gasteiger partial charge on any atom is 0.323 e. The van der Waals surface area contributed by atoms with Crippen molar-refractivity contribution < 1.29 is 19.5 Å². The SMILES string of the molecule is C=CCN(CC(=O)O)C(=O)CCNC(=O)c1cccs1. The van der Waals surface area contributed by atoms with Gasteiger partial charge in [-0.1, -0.05) is 12.1 Å². The third-order valence-corrected chi connectivity index (χ3v) is 3.27. The first kappa shape index (κ1) is 15.9. The van der Waals surface area contributed by atoms with E-state index in [1.807, 2.05) is 0 Å². The lowest BCUT2D eigenvalue weighted by Gasteiger charge is -2.18. The molecule has 7 heteroatoms. The Kier molecular flexibility index (Phi) is 6.45. The molecular weight excluding hydrogens is 280 g/mol. The van der Waals surface area contributed by atoms with Gasteiger partial charge in [-0.2, -0.15) is 0 Å². The highest BCUT2D eigenvalue weighted by Gasteiger charge is 2.15. The van der Waals surface area contributed by atoms with Crippen molar-refractivity contribution in [3.63, 3.8) is 0 Å². The standard InChI is InChI=1S/C13H16N2O4S/c1-2-7-15(9-12(17)18)11(16)5-6-14-13(19)10-4-3-8-20-10/h2-4,8H,1,5-7,9H2,(H,14,19)(H,17,18). The zero-order valence-corrected chi connectivity index (χ0v) is 11.7. The highest BCUT2D eigenvalue weighted by atomic mass is 32.1. The number of carbonyl (C=O) groups is 3. The first-order chi connectivity index (χ1) is 9.54. The van der Waals surface area contributed by atoms with Gasteiger partial charge in [-0.3, -0.25) is 14.4 Å². The minimum atomic E-state index is -1.08. The van der Waals surface area contributed by atoms with Crippen LogP contribution in [-0.4, -0.2) is 47.4 Å². The summed E-state index contributed by atoms with van der Waals surface area (Å²) in [6.45, 7) is 3.45. The molecular formula is C13H16N2O4S. The number of carboxylic acid groups (broad SMARTS) is 1. The first-order valence-electron chi connectivity index (χ1n) is 5.96. The number of rotatable bonds is 8. The molecule has 0 spiro atoms. The monoisotopic (exact) mass is 296 g/mol. The molecule has 2 amide bonds. The topological polar surface area (TPSA) is 86.7 Å². The summed E-state index contributed by atoms with van der Waals surface area (Å²) in [4.78, 5) is 35.8. The predicted octanol–water partition coefficient (Wildman–Crippen LogP) is 0.967. The Morgan fingerprint density at radius 3 is 2.75 bits per heavy atom. The van der Waals surface area contributed by atoms with Gasteiger partial charge in [0.25, 0.3) is 5.91 Å². The lowest BCUT2D eigenvalue weighted by Crippen LogP contribution is -2.37. The summed E-state index contributed by atoms with van der Waals surface area (Å²) in [5, 5.41) is 13.1. The van der Waals surface area contributed by atoms with Crippen molar-refractivity contribution in [1.29, 1.82) is 0 Å². The van der Waals surface area contributed by atoms with Gasteiger partial charge in [0, 0.05) is 19.5 Å². The van der Waals surface area contributed by atoms with E-state index in [-0.39, 0.29) is 37.9 Å². The van der Waals surface area contributed by atoms with Crippen LogP contribution in [0.1, 0.15) is 16.1 Å². The van der Waals surface area contributed by atoms with E-state index in [0.717, 1.165) is 0 Å². The Labute approximate surface area is 120 Å². The van der Waals surface area contributed by atoms with E-state index in [9.17, 15) is 14.4 Å². The van der Waals surface area contributed by atoms with Gasteiger partial charge in [0.2, 0.25) is 5.91 Å². The average Bonchev–Trinajstić information content (AvgIpc) is 2.91. The van der Waals surface area contributed by atoms with E-state index in [2.05, 4.69) is 11.9 Å². The van der Waals surface area contributed by atoms with Gasteiger partial charge in [-0.05, 0) is 11.4 Å². The number of amides is 2. The van der Waals surface area contributed by atoms with Gasteiger partial charge >= 0.3 is 5.97 Å². The second kappa shape index (κ2) is 8.11. The molecule has 0 atom stereocenters. The van der Waals surface area contributed by atoms with Gasteiger partial charge in [0.15, 0.2) is 0 Å².